The van der Waals surface area contributed by atoms with Crippen molar-refractivity contribution in [1.29, 1.82) is 0 Å². The van der Waals surface area contributed by atoms with Gasteiger partial charge >= 0.3 is 0 Å². The second-order valence-corrected chi connectivity index (χ2v) is 4.63. The van der Waals surface area contributed by atoms with E-state index in [2.05, 4.69) is 26.2 Å². The smallest absolute Gasteiger partial charge is 0.239 e. The van der Waals surface area contributed by atoms with Gasteiger partial charge in [0.25, 0.3) is 0 Å². The van der Waals surface area contributed by atoms with E-state index in [0.717, 1.165) is 0 Å². The van der Waals surface area contributed by atoms with Crippen molar-refractivity contribution < 1.29 is 9.18 Å². The van der Waals surface area contributed by atoms with Gasteiger partial charge in [-0.15, -0.1) is 0 Å². The summed E-state index contributed by atoms with van der Waals surface area (Å²) in [6.07, 6.45) is 3.26. The zero-order valence-corrected chi connectivity index (χ0v) is 11.2. The van der Waals surface area contributed by atoms with E-state index in [1.165, 1.54) is 12.1 Å². The largest absolute Gasteiger partial charge is 0.358 e. The van der Waals surface area contributed by atoms with Crippen LogP contribution in [0, 0.1) is 5.82 Å². The highest BCUT2D eigenvalue weighted by atomic mass is 79.9. The molecule has 0 radical (unpaired) electrons. The van der Waals surface area contributed by atoms with Crippen LogP contribution < -0.4 is 5.32 Å². The number of carbonyl (C=O) groups excluding carboxylic acids is 1. The molecule has 0 spiro atoms. The first-order valence-corrected chi connectivity index (χ1v) is 6.07. The van der Waals surface area contributed by atoms with E-state index in [9.17, 15) is 9.18 Å². The summed E-state index contributed by atoms with van der Waals surface area (Å²) in [5, 5.41) is 2.53. The molecule has 0 saturated carbocycles. The molecular formula is C12H11BrFN3O. The van der Waals surface area contributed by atoms with Crippen LogP contribution in [-0.2, 0) is 11.3 Å². The maximum atomic E-state index is 13.3. The third-order valence-electron chi connectivity index (χ3n) is 2.43. The van der Waals surface area contributed by atoms with E-state index >= 15 is 0 Å². The highest BCUT2D eigenvalue weighted by molar-refractivity contribution is 9.10. The summed E-state index contributed by atoms with van der Waals surface area (Å²) in [5.41, 5.74) is 0.621. The van der Waals surface area contributed by atoms with Crippen LogP contribution >= 0.6 is 15.9 Å². The summed E-state index contributed by atoms with van der Waals surface area (Å²) >= 11 is 3.23. The summed E-state index contributed by atoms with van der Waals surface area (Å²) in [4.78, 5) is 15.5. The lowest BCUT2D eigenvalue weighted by Crippen LogP contribution is -2.23. The van der Waals surface area contributed by atoms with Crippen molar-refractivity contribution in [2.24, 2.45) is 0 Å². The monoisotopic (exact) mass is 311 g/mol. The average Bonchev–Trinajstić information content (AvgIpc) is 2.75. The molecule has 1 amide bonds. The van der Waals surface area contributed by atoms with Crippen LogP contribution in [0.25, 0.3) is 11.4 Å². The van der Waals surface area contributed by atoms with Gasteiger partial charge in [0.05, 0.1) is 0 Å². The highest BCUT2D eigenvalue weighted by Crippen LogP contribution is 2.23. The number of benzene rings is 1. The number of nitrogens with zero attached hydrogens (tertiary/aromatic N) is 2. The van der Waals surface area contributed by atoms with Gasteiger partial charge in [0.2, 0.25) is 5.91 Å². The number of amides is 1. The van der Waals surface area contributed by atoms with E-state index in [1.54, 1.807) is 30.1 Å². The molecule has 0 aliphatic carbocycles. The van der Waals surface area contributed by atoms with Crippen molar-refractivity contribution in [3.8, 4) is 11.4 Å². The standard InChI is InChI=1S/C12H11BrFN3O/c1-15-11(18)7-17-3-2-16-12(17)8-4-9(13)6-10(14)5-8/h2-6H,7H2,1H3,(H,15,18). The van der Waals surface area contributed by atoms with Gasteiger partial charge in [0.15, 0.2) is 0 Å². The molecular weight excluding hydrogens is 301 g/mol. The van der Waals surface area contributed by atoms with Crippen LogP contribution in [0.4, 0.5) is 4.39 Å². The first kappa shape index (κ1) is 12.8. The van der Waals surface area contributed by atoms with Crippen LogP contribution in [0.2, 0.25) is 0 Å². The van der Waals surface area contributed by atoms with Gasteiger partial charge in [0, 0.05) is 29.5 Å². The third kappa shape index (κ3) is 2.76. The van der Waals surface area contributed by atoms with Crippen LogP contribution in [0.3, 0.4) is 0 Å². The zero-order valence-electron chi connectivity index (χ0n) is 9.65. The number of hydrogen-bond acceptors (Lipinski definition) is 2. The predicted molar refractivity (Wildman–Crippen MR) is 69.4 cm³/mol. The Morgan fingerprint density at radius 3 is 2.94 bits per heavy atom. The Morgan fingerprint density at radius 2 is 2.28 bits per heavy atom. The molecule has 1 N–H and O–H groups in total. The molecule has 6 heteroatoms. The Labute approximate surface area is 112 Å². The van der Waals surface area contributed by atoms with Crippen molar-refractivity contribution >= 4 is 21.8 Å². The number of nitrogens with one attached hydrogen (secondary N) is 1. The van der Waals surface area contributed by atoms with Gasteiger partial charge in [-0.3, -0.25) is 4.79 Å². The van der Waals surface area contributed by atoms with Crippen molar-refractivity contribution in [2.75, 3.05) is 7.05 Å². The molecule has 0 aliphatic rings. The average molecular weight is 312 g/mol. The van der Waals surface area contributed by atoms with Crippen LogP contribution in [-0.4, -0.2) is 22.5 Å². The molecule has 18 heavy (non-hydrogen) atoms. The minimum Gasteiger partial charge on any atom is -0.358 e. The van der Waals surface area contributed by atoms with Crippen molar-refractivity contribution in [2.45, 2.75) is 6.54 Å². The van der Waals surface area contributed by atoms with E-state index < -0.39 is 0 Å². The molecule has 0 aliphatic heterocycles. The van der Waals surface area contributed by atoms with E-state index in [4.69, 9.17) is 0 Å². The number of hydrogen-bond donors (Lipinski definition) is 1. The van der Waals surface area contributed by atoms with Crippen molar-refractivity contribution in [3.63, 3.8) is 0 Å². The second kappa shape index (κ2) is 5.30. The molecule has 2 rings (SSSR count). The van der Waals surface area contributed by atoms with Crippen LogP contribution in [0.1, 0.15) is 0 Å². The fourth-order valence-electron chi connectivity index (χ4n) is 1.61. The SMILES string of the molecule is CNC(=O)Cn1ccnc1-c1cc(F)cc(Br)c1. The minimum atomic E-state index is -0.353. The van der Waals surface area contributed by atoms with Gasteiger partial charge in [-0.2, -0.15) is 0 Å². The summed E-state index contributed by atoms with van der Waals surface area (Å²) in [5.74, 6) is 0.0670. The summed E-state index contributed by atoms with van der Waals surface area (Å²) in [7, 11) is 1.57. The fraction of sp³-hybridized carbons (Fsp3) is 0.167. The Balaban J connectivity index is 2.39. The quantitative estimate of drug-likeness (QED) is 0.944. The number of halogens is 2. The molecule has 2 aromatic rings. The third-order valence-corrected chi connectivity index (χ3v) is 2.89. The first-order chi connectivity index (χ1) is 8.60. The van der Waals surface area contributed by atoms with E-state index in [-0.39, 0.29) is 18.3 Å². The van der Waals surface area contributed by atoms with Gasteiger partial charge in [-0.05, 0) is 18.2 Å². The number of imidazole rings is 1. The Hall–Kier alpha value is -1.69. The molecule has 0 fully saturated rings. The summed E-state index contributed by atoms with van der Waals surface area (Å²) < 4.78 is 15.6. The summed E-state index contributed by atoms with van der Waals surface area (Å²) in [6.45, 7) is 0.153. The van der Waals surface area contributed by atoms with Crippen LogP contribution in [0.5, 0.6) is 0 Å². The minimum absolute atomic E-state index is 0.135. The molecule has 0 atom stereocenters. The lowest BCUT2D eigenvalue weighted by molar-refractivity contribution is -0.121. The van der Waals surface area contributed by atoms with Crippen LogP contribution in [0.15, 0.2) is 35.1 Å². The van der Waals surface area contributed by atoms with Crippen molar-refractivity contribution in [3.05, 3.63) is 40.9 Å². The number of carbonyl (C=O) groups is 1. The number of likely N-dealkylation sites (N-methyl/N-ethyl adjacent to an activating group) is 1. The number of rotatable bonds is 3. The molecule has 4 nitrogen and oxygen atoms in total. The Morgan fingerprint density at radius 1 is 1.50 bits per heavy atom. The zero-order chi connectivity index (χ0) is 13.1. The normalized spacial score (nSPS) is 10.4. The summed E-state index contributed by atoms with van der Waals surface area (Å²) in [6, 6.07) is 4.51. The molecule has 0 unspecified atom stereocenters. The second-order valence-electron chi connectivity index (χ2n) is 3.71. The van der Waals surface area contributed by atoms with E-state index in [0.29, 0.717) is 15.9 Å². The van der Waals surface area contributed by atoms with Gasteiger partial charge in [-0.25, -0.2) is 9.37 Å². The lowest BCUT2D eigenvalue weighted by Gasteiger charge is -2.07. The maximum Gasteiger partial charge on any atom is 0.239 e. The maximum absolute atomic E-state index is 13.3. The lowest BCUT2D eigenvalue weighted by atomic mass is 10.2. The van der Waals surface area contributed by atoms with Gasteiger partial charge in [0.1, 0.15) is 18.2 Å². The topological polar surface area (TPSA) is 46.9 Å². The molecule has 0 bridgehead atoms. The van der Waals surface area contributed by atoms with E-state index in [1.807, 2.05) is 0 Å². The van der Waals surface area contributed by atoms with Gasteiger partial charge < -0.3 is 9.88 Å². The Bertz CT molecular complexity index is 562. The molecule has 1 heterocycles. The fourth-order valence-corrected chi connectivity index (χ4v) is 2.08. The highest BCUT2D eigenvalue weighted by Gasteiger charge is 2.10. The molecule has 94 valence electrons. The Kier molecular flexibility index (Phi) is 3.76. The number of aromatic nitrogens is 2. The molecule has 1 aromatic carbocycles. The predicted octanol–water partition coefficient (Wildman–Crippen LogP) is 2.20. The molecule has 0 saturated heterocycles. The van der Waals surface area contributed by atoms with Gasteiger partial charge in [-0.1, -0.05) is 15.9 Å². The first-order valence-electron chi connectivity index (χ1n) is 5.28. The molecule has 1 aromatic heterocycles. The van der Waals surface area contributed by atoms with Crippen molar-refractivity contribution in [1.82, 2.24) is 14.9 Å².